The number of aromatic nitrogens is 3. The highest BCUT2D eigenvalue weighted by atomic mass is 16.5. The highest BCUT2D eigenvalue weighted by Gasteiger charge is 2.32. The summed E-state index contributed by atoms with van der Waals surface area (Å²) in [5.41, 5.74) is 0.882. The first-order valence-electron chi connectivity index (χ1n) is 8.06. The second-order valence-electron chi connectivity index (χ2n) is 6.23. The van der Waals surface area contributed by atoms with Crippen LogP contribution in [0.5, 0.6) is 0 Å². The van der Waals surface area contributed by atoms with Crippen molar-refractivity contribution in [3.05, 3.63) is 24.2 Å². The lowest BCUT2D eigenvalue weighted by molar-refractivity contribution is 0.210. The van der Waals surface area contributed by atoms with E-state index in [0.29, 0.717) is 17.8 Å². The fraction of sp³-hybridized carbons (Fsp3) is 0.562. The third-order valence-electron chi connectivity index (χ3n) is 4.50. The van der Waals surface area contributed by atoms with E-state index in [1.165, 1.54) is 25.9 Å². The Kier molecular flexibility index (Phi) is 3.54. The lowest BCUT2D eigenvalue weighted by Gasteiger charge is -2.32. The fourth-order valence-corrected chi connectivity index (χ4v) is 3.14. The molecule has 3 heterocycles. The fourth-order valence-electron chi connectivity index (χ4n) is 3.14. The van der Waals surface area contributed by atoms with E-state index in [4.69, 9.17) is 4.52 Å². The van der Waals surface area contributed by atoms with Crippen molar-refractivity contribution >= 4 is 5.82 Å². The van der Waals surface area contributed by atoms with Gasteiger partial charge in [0, 0.05) is 31.4 Å². The maximum Gasteiger partial charge on any atom is 0.261 e. The molecular formula is C16H21N5O. The van der Waals surface area contributed by atoms with Crippen LogP contribution in [-0.2, 0) is 0 Å². The molecule has 2 aliphatic rings. The standard InChI is InChI=1S/C16H21N5O/c1-11-18-16(22-20-11)14-3-2-8-17-15(14)19-12-6-9-21(10-7-12)13-4-5-13/h2-3,8,12-13H,4-7,9-10H2,1H3,(H,17,19). The molecule has 6 nitrogen and oxygen atoms in total. The molecule has 6 heteroatoms. The van der Waals surface area contributed by atoms with Crippen LogP contribution in [0.2, 0.25) is 0 Å². The summed E-state index contributed by atoms with van der Waals surface area (Å²) in [5.74, 6) is 2.02. The largest absolute Gasteiger partial charge is 0.367 e. The normalized spacial score (nSPS) is 20.2. The number of aryl methyl sites for hydroxylation is 1. The molecule has 2 fully saturated rings. The molecule has 0 atom stereocenters. The Balaban J connectivity index is 1.46. The van der Waals surface area contributed by atoms with E-state index < -0.39 is 0 Å². The molecule has 0 radical (unpaired) electrons. The minimum atomic E-state index is 0.465. The van der Waals surface area contributed by atoms with E-state index in [1.54, 1.807) is 6.20 Å². The van der Waals surface area contributed by atoms with Gasteiger partial charge in [-0.3, -0.25) is 0 Å². The predicted octanol–water partition coefficient (Wildman–Crippen LogP) is 2.48. The molecular weight excluding hydrogens is 278 g/mol. The molecule has 4 rings (SSSR count). The van der Waals surface area contributed by atoms with E-state index in [1.807, 2.05) is 19.1 Å². The van der Waals surface area contributed by atoms with Gasteiger partial charge in [0.15, 0.2) is 5.82 Å². The molecule has 22 heavy (non-hydrogen) atoms. The van der Waals surface area contributed by atoms with Crippen molar-refractivity contribution in [2.24, 2.45) is 0 Å². The van der Waals surface area contributed by atoms with E-state index in [0.717, 1.165) is 30.3 Å². The number of hydrogen-bond donors (Lipinski definition) is 1. The lowest BCUT2D eigenvalue weighted by Crippen LogP contribution is -2.40. The van der Waals surface area contributed by atoms with Gasteiger partial charge in [-0.1, -0.05) is 5.16 Å². The molecule has 1 saturated heterocycles. The van der Waals surface area contributed by atoms with Gasteiger partial charge in [-0.2, -0.15) is 4.98 Å². The molecule has 1 saturated carbocycles. The Morgan fingerprint density at radius 1 is 1.23 bits per heavy atom. The molecule has 1 N–H and O–H groups in total. The van der Waals surface area contributed by atoms with Gasteiger partial charge in [0.25, 0.3) is 5.89 Å². The Morgan fingerprint density at radius 2 is 2.05 bits per heavy atom. The molecule has 0 aromatic carbocycles. The van der Waals surface area contributed by atoms with Crippen LogP contribution in [0.15, 0.2) is 22.9 Å². The smallest absolute Gasteiger partial charge is 0.261 e. The first kappa shape index (κ1) is 13.7. The second-order valence-corrected chi connectivity index (χ2v) is 6.23. The van der Waals surface area contributed by atoms with Gasteiger partial charge in [-0.25, -0.2) is 4.98 Å². The molecule has 116 valence electrons. The van der Waals surface area contributed by atoms with Gasteiger partial charge in [-0.05, 0) is 44.7 Å². The SMILES string of the molecule is Cc1noc(-c2cccnc2NC2CCN(C3CC3)CC2)n1. The number of piperidine rings is 1. The molecule has 1 aliphatic heterocycles. The summed E-state index contributed by atoms with van der Waals surface area (Å²) in [5, 5.41) is 7.44. The van der Waals surface area contributed by atoms with Crippen molar-refractivity contribution in [1.82, 2.24) is 20.0 Å². The van der Waals surface area contributed by atoms with E-state index in [9.17, 15) is 0 Å². The molecule has 2 aromatic heterocycles. The minimum absolute atomic E-state index is 0.465. The third kappa shape index (κ3) is 2.83. The molecule has 2 aromatic rings. The Morgan fingerprint density at radius 3 is 2.73 bits per heavy atom. The quantitative estimate of drug-likeness (QED) is 0.935. The van der Waals surface area contributed by atoms with Crippen molar-refractivity contribution in [2.45, 2.75) is 44.7 Å². The maximum atomic E-state index is 5.29. The highest BCUT2D eigenvalue weighted by Crippen LogP contribution is 2.31. The van der Waals surface area contributed by atoms with Crippen molar-refractivity contribution in [3.8, 4) is 11.5 Å². The van der Waals surface area contributed by atoms with Gasteiger partial charge in [0.2, 0.25) is 0 Å². The Labute approximate surface area is 129 Å². The Bertz CT molecular complexity index is 643. The number of likely N-dealkylation sites (tertiary alicyclic amines) is 1. The maximum absolute atomic E-state index is 5.29. The molecule has 0 spiro atoms. The molecule has 1 aliphatic carbocycles. The lowest BCUT2D eigenvalue weighted by atomic mass is 10.0. The first-order valence-corrected chi connectivity index (χ1v) is 8.06. The number of anilines is 1. The summed E-state index contributed by atoms with van der Waals surface area (Å²) in [7, 11) is 0. The zero-order chi connectivity index (χ0) is 14.9. The number of rotatable bonds is 4. The summed E-state index contributed by atoms with van der Waals surface area (Å²) in [6.45, 7) is 4.19. The van der Waals surface area contributed by atoms with Crippen LogP contribution in [-0.4, -0.2) is 45.2 Å². The van der Waals surface area contributed by atoms with Crippen molar-refractivity contribution in [2.75, 3.05) is 18.4 Å². The first-order chi connectivity index (χ1) is 10.8. The minimum Gasteiger partial charge on any atom is -0.367 e. The average Bonchev–Trinajstić information content (AvgIpc) is 3.30. The summed E-state index contributed by atoms with van der Waals surface area (Å²) in [6.07, 6.45) is 6.90. The summed E-state index contributed by atoms with van der Waals surface area (Å²) in [6, 6.07) is 5.21. The van der Waals surface area contributed by atoms with Crippen LogP contribution in [0, 0.1) is 6.92 Å². The molecule has 0 unspecified atom stereocenters. The third-order valence-corrected chi connectivity index (χ3v) is 4.50. The molecule has 0 amide bonds. The zero-order valence-corrected chi connectivity index (χ0v) is 12.8. The van der Waals surface area contributed by atoms with Crippen LogP contribution in [0.25, 0.3) is 11.5 Å². The predicted molar refractivity (Wildman–Crippen MR) is 83.5 cm³/mol. The number of nitrogens with one attached hydrogen (secondary N) is 1. The Hall–Kier alpha value is -1.95. The van der Waals surface area contributed by atoms with Crippen LogP contribution in [0.1, 0.15) is 31.5 Å². The van der Waals surface area contributed by atoms with Crippen molar-refractivity contribution in [3.63, 3.8) is 0 Å². The summed E-state index contributed by atoms with van der Waals surface area (Å²) in [4.78, 5) is 11.4. The second kappa shape index (κ2) is 5.68. The van der Waals surface area contributed by atoms with Gasteiger partial charge in [0.1, 0.15) is 5.82 Å². The number of nitrogens with zero attached hydrogens (tertiary/aromatic N) is 4. The van der Waals surface area contributed by atoms with Crippen molar-refractivity contribution < 1.29 is 4.52 Å². The summed E-state index contributed by atoms with van der Waals surface area (Å²) >= 11 is 0. The van der Waals surface area contributed by atoms with Gasteiger partial charge >= 0.3 is 0 Å². The average molecular weight is 299 g/mol. The van der Waals surface area contributed by atoms with E-state index in [2.05, 4.69) is 25.3 Å². The van der Waals surface area contributed by atoms with Gasteiger partial charge in [-0.15, -0.1) is 0 Å². The van der Waals surface area contributed by atoms with Crippen LogP contribution in [0.3, 0.4) is 0 Å². The van der Waals surface area contributed by atoms with Gasteiger partial charge in [0.05, 0.1) is 5.56 Å². The monoisotopic (exact) mass is 299 g/mol. The highest BCUT2D eigenvalue weighted by molar-refractivity contribution is 5.68. The van der Waals surface area contributed by atoms with Crippen LogP contribution in [0.4, 0.5) is 5.82 Å². The van der Waals surface area contributed by atoms with Crippen LogP contribution < -0.4 is 5.32 Å². The molecule has 0 bridgehead atoms. The van der Waals surface area contributed by atoms with E-state index >= 15 is 0 Å². The number of hydrogen-bond acceptors (Lipinski definition) is 6. The topological polar surface area (TPSA) is 67.1 Å². The van der Waals surface area contributed by atoms with Crippen molar-refractivity contribution in [1.29, 1.82) is 0 Å². The van der Waals surface area contributed by atoms with Crippen LogP contribution >= 0.6 is 0 Å². The zero-order valence-electron chi connectivity index (χ0n) is 12.8. The summed E-state index contributed by atoms with van der Waals surface area (Å²) < 4.78 is 5.29. The number of pyridine rings is 1. The van der Waals surface area contributed by atoms with E-state index in [-0.39, 0.29) is 0 Å². The van der Waals surface area contributed by atoms with Gasteiger partial charge < -0.3 is 14.7 Å².